The molecular weight excluding hydrogens is 432 g/mol. The van der Waals surface area contributed by atoms with Crippen LogP contribution in [0.25, 0.3) is 11.3 Å². The number of nitrogens with zero attached hydrogens (tertiary/aromatic N) is 4. The zero-order valence-electron chi connectivity index (χ0n) is 18.2. The van der Waals surface area contributed by atoms with Crippen LogP contribution in [0.1, 0.15) is 16.1 Å². The summed E-state index contributed by atoms with van der Waals surface area (Å²) in [6, 6.07) is 12.7. The molecule has 0 bridgehead atoms. The van der Waals surface area contributed by atoms with E-state index in [4.69, 9.17) is 20.9 Å². The molecule has 1 aliphatic heterocycles. The van der Waals surface area contributed by atoms with Crippen LogP contribution in [-0.4, -0.2) is 61.1 Å². The molecule has 1 fully saturated rings. The second kappa shape index (κ2) is 9.00. The van der Waals surface area contributed by atoms with Crippen LogP contribution in [0.3, 0.4) is 0 Å². The minimum absolute atomic E-state index is 0.126. The Morgan fingerprint density at radius 2 is 1.88 bits per heavy atom. The molecule has 166 valence electrons. The fraction of sp³-hybridized carbons (Fsp3) is 0.304. The number of amides is 1. The summed E-state index contributed by atoms with van der Waals surface area (Å²) >= 11 is 6.40. The van der Waals surface area contributed by atoms with Gasteiger partial charge in [-0.25, -0.2) is 0 Å². The van der Waals surface area contributed by atoms with Crippen LogP contribution in [0.15, 0.2) is 47.0 Å². The molecule has 0 radical (unpaired) electrons. The smallest absolute Gasteiger partial charge is 0.259 e. The minimum Gasteiger partial charge on any atom is -0.496 e. The van der Waals surface area contributed by atoms with Gasteiger partial charge in [0.05, 0.1) is 17.8 Å². The highest BCUT2D eigenvalue weighted by atomic mass is 35.5. The lowest BCUT2D eigenvalue weighted by Gasteiger charge is -2.36. The molecule has 0 atom stereocenters. The van der Waals surface area contributed by atoms with E-state index >= 15 is 0 Å². The molecule has 4 rings (SSSR count). The molecule has 1 saturated heterocycles. The molecule has 2 heterocycles. The van der Waals surface area contributed by atoms with Gasteiger partial charge in [0.2, 0.25) is 0 Å². The molecule has 9 heteroatoms. The summed E-state index contributed by atoms with van der Waals surface area (Å²) < 4.78 is 11.6. The summed E-state index contributed by atoms with van der Waals surface area (Å²) in [6.07, 6.45) is 0. The molecule has 0 spiro atoms. The van der Waals surface area contributed by atoms with Crippen LogP contribution in [0.5, 0.6) is 5.75 Å². The van der Waals surface area contributed by atoms with Crippen molar-refractivity contribution in [2.24, 2.45) is 0 Å². The third-order valence-corrected chi connectivity index (χ3v) is 5.94. The molecule has 1 aliphatic rings. The number of ether oxygens (including phenoxy) is 1. The normalized spacial score (nSPS) is 13.9. The molecular formula is C23H24ClN4O4+. The quantitative estimate of drug-likeness (QED) is 0.533. The van der Waals surface area contributed by atoms with Crippen molar-refractivity contribution in [3.05, 3.63) is 63.7 Å². The van der Waals surface area contributed by atoms with Gasteiger partial charge in [0.15, 0.2) is 7.05 Å². The largest absolute Gasteiger partial charge is 0.496 e. The fourth-order valence-corrected chi connectivity index (χ4v) is 4.20. The standard InChI is InChI=1S/C23H24ClN4O4/c1-15-21(22(25-32-15)17-6-4-5-7-20(17)31-3)23(29)28-12-10-27(11-13-28)19-9-8-16(26(2)30)14-18(19)24/h4-9,14H,10-13H2,1-3H3/q+1. The number of anilines is 1. The number of aryl methyl sites for hydroxylation is 1. The lowest BCUT2D eigenvalue weighted by Crippen LogP contribution is -2.49. The zero-order valence-corrected chi connectivity index (χ0v) is 18.9. The highest BCUT2D eigenvalue weighted by Crippen LogP contribution is 2.34. The van der Waals surface area contributed by atoms with Crippen LogP contribution in [0.2, 0.25) is 5.02 Å². The number of halogens is 1. The van der Waals surface area contributed by atoms with Gasteiger partial charge in [-0.2, -0.15) is 0 Å². The number of rotatable bonds is 5. The van der Waals surface area contributed by atoms with Gasteiger partial charge in [-0.3, -0.25) is 4.79 Å². The van der Waals surface area contributed by atoms with E-state index in [1.54, 1.807) is 31.1 Å². The van der Waals surface area contributed by atoms with E-state index in [0.717, 1.165) is 10.4 Å². The molecule has 0 N–H and O–H groups in total. The van der Waals surface area contributed by atoms with Crippen molar-refractivity contribution >= 4 is 28.9 Å². The molecule has 32 heavy (non-hydrogen) atoms. The van der Waals surface area contributed by atoms with Gasteiger partial charge in [0, 0.05) is 53.5 Å². The van der Waals surface area contributed by atoms with Gasteiger partial charge in [0.1, 0.15) is 22.8 Å². The summed E-state index contributed by atoms with van der Waals surface area (Å²) in [5.74, 6) is 0.971. The average molecular weight is 456 g/mol. The lowest BCUT2D eigenvalue weighted by molar-refractivity contribution is -0.428. The predicted molar refractivity (Wildman–Crippen MR) is 122 cm³/mol. The van der Waals surface area contributed by atoms with E-state index in [0.29, 0.717) is 65.2 Å². The number of carbonyl (C=O) groups excluding carboxylic acids is 1. The number of piperazine rings is 1. The third-order valence-electron chi connectivity index (χ3n) is 5.64. The van der Waals surface area contributed by atoms with Gasteiger partial charge >= 0.3 is 0 Å². The van der Waals surface area contributed by atoms with Crippen LogP contribution in [0, 0.1) is 11.8 Å². The Morgan fingerprint density at radius 3 is 2.53 bits per heavy atom. The maximum Gasteiger partial charge on any atom is 0.259 e. The average Bonchev–Trinajstić information content (AvgIpc) is 3.19. The van der Waals surface area contributed by atoms with Gasteiger partial charge in [-0.15, -0.1) is 0 Å². The molecule has 1 aromatic heterocycles. The van der Waals surface area contributed by atoms with Crippen molar-refractivity contribution < 1.29 is 18.8 Å². The SMILES string of the molecule is COc1ccccc1-c1noc(C)c1C(=O)N1CCN(c2ccc([N+](C)=O)cc2Cl)CC1. The number of benzene rings is 2. The number of nitroso groups, excluding NO2 is 1. The van der Waals surface area contributed by atoms with E-state index in [2.05, 4.69) is 10.1 Å². The molecule has 2 aromatic carbocycles. The van der Waals surface area contributed by atoms with E-state index in [1.165, 1.54) is 7.05 Å². The van der Waals surface area contributed by atoms with Crippen LogP contribution >= 0.6 is 11.6 Å². The fourth-order valence-electron chi connectivity index (χ4n) is 3.90. The third kappa shape index (κ3) is 4.05. The Hall–Kier alpha value is -3.39. The molecule has 8 nitrogen and oxygen atoms in total. The first-order valence-corrected chi connectivity index (χ1v) is 10.6. The predicted octanol–water partition coefficient (Wildman–Crippen LogP) is 4.31. The molecule has 3 aromatic rings. The van der Waals surface area contributed by atoms with Crippen molar-refractivity contribution in [3.63, 3.8) is 0 Å². The highest BCUT2D eigenvalue weighted by Gasteiger charge is 2.30. The Bertz CT molecular complexity index is 1170. The van der Waals surface area contributed by atoms with E-state index < -0.39 is 0 Å². The minimum atomic E-state index is -0.126. The molecule has 0 unspecified atom stereocenters. The van der Waals surface area contributed by atoms with Crippen molar-refractivity contribution in [2.75, 3.05) is 45.2 Å². The Balaban J connectivity index is 1.53. The number of aromatic nitrogens is 1. The summed E-state index contributed by atoms with van der Waals surface area (Å²) in [4.78, 5) is 28.8. The first kappa shape index (κ1) is 21.8. The van der Waals surface area contributed by atoms with E-state index in [1.807, 2.05) is 30.3 Å². The first-order valence-electron chi connectivity index (χ1n) is 10.2. The molecule has 0 saturated carbocycles. The first-order chi connectivity index (χ1) is 15.4. The monoisotopic (exact) mass is 455 g/mol. The lowest BCUT2D eigenvalue weighted by atomic mass is 10.0. The number of hydrogen-bond acceptors (Lipinski definition) is 6. The van der Waals surface area contributed by atoms with Crippen LogP contribution in [-0.2, 0) is 0 Å². The highest BCUT2D eigenvalue weighted by molar-refractivity contribution is 6.33. The maximum absolute atomic E-state index is 13.4. The molecule has 0 aliphatic carbocycles. The summed E-state index contributed by atoms with van der Waals surface area (Å²) in [5, 5.41) is 4.66. The summed E-state index contributed by atoms with van der Waals surface area (Å²) in [7, 11) is 3.01. The van der Waals surface area contributed by atoms with Gasteiger partial charge < -0.3 is 19.1 Å². The topological polar surface area (TPSA) is 78.9 Å². The Morgan fingerprint density at radius 1 is 1.16 bits per heavy atom. The number of hydrogen-bond donors (Lipinski definition) is 0. The number of para-hydroxylation sites is 1. The van der Waals surface area contributed by atoms with Crippen LogP contribution < -0.4 is 9.64 Å². The summed E-state index contributed by atoms with van der Waals surface area (Å²) in [6.45, 7) is 4.02. The number of methoxy groups -OCH3 is 1. The van der Waals surface area contributed by atoms with Crippen molar-refractivity contribution in [1.82, 2.24) is 10.1 Å². The van der Waals surface area contributed by atoms with Crippen molar-refractivity contribution in [2.45, 2.75) is 6.92 Å². The van der Waals surface area contributed by atoms with Gasteiger partial charge in [0.25, 0.3) is 11.6 Å². The maximum atomic E-state index is 13.4. The van der Waals surface area contributed by atoms with Crippen LogP contribution in [0.4, 0.5) is 11.4 Å². The zero-order chi connectivity index (χ0) is 22.8. The summed E-state index contributed by atoms with van der Waals surface area (Å²) in [5.41, 5.74) is 2.99. The Labute approximate surface area is 190 Å². The van der Waals surface area contributed by atoms with Crippen molar-refractivity contribution in [1.29, 1.82) is 0 Å². The second-order valence-electron chi connectivity index (χ2n) is 7.58. The van der Waals surface area contributed by atoms with Gasteiger partial charge in [-0.1, -0.05) is 28.9 Å². The van der Waals surface area contributed by atoms with E-state index in [-0.39, 0.29) is 5.91 Å². The molecule has 1 amide bonds. The Kier molecular flexibility index (Phi) is 6.14. The van der Waals surface area contributed by atoms with Crippen molar-refractivity contribution in [3.8, 4) is 17.0 Å². The van der Waals surface area contributed by atoms with E-state index in [9.17, 15) is 9.70 Å². The second-order valence-corrected chi connectivity index (χ2v) is 7.98. The number of carbonyl (C=O) groups is 1. The van der Waals surface area contributed by atoms with Gasteiger partial charge in [-0.05, 0) is 25.1 Å².